The largest absolute Gasteiger partial charge is 0.463 e. The van der Waals surface area contributed by atoms with Gasteiger partial charge in [0.15, 0.2) is 4.80 Å². The Balaban J connectivity index is 1.90. The summed E-state index contributed by atoms with van der Waals surface area (Å²) in [6.07, 6.45) is 3.91. The van der Waals surface area contributed by atoms with Gasteiger partial charge in [0.1, 0.15) is 0 Å². The highest BCUT2D eigenvalue weighted by molar-refractivity contribution is 7.98. The minimum Gasteiger partial charge on any atom is -0.463 e. The lowest BCUT2D eigenvalue weighted by atomic mass is 9.95. The SMILES string of the molecule is CCOC(=O)C1=C(C)N=c2s/c(=C/c3ccc(SC)cc3)c(=O)n2[C@@H]1c1ccc(N(C)C)cc1. The van der Waals surface area contributed by atoms with Crippen molar-refractivity contribution in [2.24, 2.45) is 4.99 Å². The molecule has 0 unspecified atom stereocenters. The number of benzene rings is 2. The van der Waals surface area contributed by atoms with Crippen LogP contribution in [0, 0.1) is 0 Å². The number of aromatic nitrogens is 1. The number of thiazole rings is 1. The molecule has 0 fully saturated rings. The Bertz CT molecular complexity index is 1420. The van der Waals surface area contributed by atoms with Gasteiger partial charge in [-0.2, -0.15) is 0 Å². The summed E-state index contributed by atoms with van der Waals surface area (Å²) in [4.78, 5) is 35.0. The van der Waals surface area contributed by atoms with Gasteiger partial charge in [0.2, 0.25) is 0 Å². The van der Waals surface area contributed by atoms with E-state index in [1.54, 1.807) is 30.2 Å². The number of fused-ring (bicyclic) bond motifs is 1. The van der Waals surface area contributed by atoms with Crippen LogP contribution in [0.2, 0.25) is 0 Å². The second-order valence-electron chi connectivity index (χ2n) is 8.06. The number of hydrogen-bond donors (Lipinski definition) is 0. The standard InChI is InChI=1S/C26H27N3O3S2/c1-6-32-25(31)22-16(2)27-26-29(23(22)18-9-11-19(12-10-18)28(3)4)24(30)21(34-26)15-17-7-13-20(33-5)14-8-17/h7-15,23H,6H2,1-5H3/b21-15+/t23-/m1/s1. The van der Waals surface area contributed by atoms with Crippen molar-refractivity contribution < 1.29 is 9.53 Å². The zero-order chi connectivity index (χ0) is 24.4. The Morgan fingerprint density at radius 2 is 1.85 bits per heavy atom. The number of rotatable bonds is 6. The summed E-state index contributed by atoms with van der Waals surface area (Å²) in [5.41, 5.74) is 3.59. The molecule has 0 spiro atoms. The molecule has 0 bridgehead atoms. The molecule has 8 heteroatoms. The van der Waals surface area contributed by atoms with Crippen LogP contribution in [0.4, 0.5) is 5.69 Å². The fourth-order valence-electron chi connectivity index (χ4n) is 3.91. The highest BCUT2D eigenvalue weighted by Gasteiger charge is 2.33. The van der Waals surface area contributed by atoms with Gasteiger partial charge in [0.05, 0.1) is 28.5 Å². The van der Waals surface area contributed by atoms with Crippen molar-refractivity contribution >= 4 is 40.8 Å². The average Bonchev–Trinajstić information content (AvgIpc) is 3.13. The third-order valence-electron chi connectivity index (χ3n) is 5.66. The molecule has 6 nitrogen and oxygen atoms in total. The molecule has 1 aromatic heterocycles. The van der Waals surface area contributed by atoms with E-state index in [2.05, 4.69) is 4.99 Å². The van der Waals surface area contributed by atoms with Crippen molar-refractivity contribution in [2.75, 3.05) is 31.9 Å². The number of ether oxygens (including phenoxy) is 1. The monoisotopic (exact) mass is 493 g/mol. The molecule has 1 aliphatic rings. The molecule has 1 atom stereocenters. The number of nitrogens with zero attached hydrogens (tertiary/aromatic N) is 3. The zero-order valence-electron chi connectivity index (χ0n) is 19.9. The maximum absolute atomic E-state index is 13.6. The van der Waals surface area contributed by atoms with Gasteiger partial charge in [-0.05, 0) is 61.6 Å². The molecule has 3 aromatic rings. The first-order valence-electron chi connectivity index (χ1n) is 10.9. The van der Waals surface area contributed by atoms with Crippen LogP contribution in [0.25, 0.3) is 6.08 Å². The second kappa shape index (κ2) is 10.0. The summed E-state index contributed by atoms with van der Waals surface area (Å²) in [5, 5.41) is 0. The third-order valence-corrected chi connectivity index (χ3v) is 7.38. The Kier molecular flexibility index (Phi) is 7.09. The molecule has 176 valence electrons. The maximum atomic E-state index is 13.6. The fourth-order valence-corrected chi connectivity index (χ4v) is 5.37. The predicted molar refractivity (Wildman–Crippen MR) is 139 cm³/mol. The van der Waals surface area contributed by atoms with Crippen molar-refractivity contribution in [3.63, 3.8) is 0 Å². The summed E-state index contributed by atoms with van der Waals surface area (Å²) in [6, 6.07) is 15.3. The third kappa shape index (κ3) is 4.60. The molecule has 2 aromatic carbocycles. The number of esters is 1. The van der Waals surface area contributed by atoms with Gasteiger partial charge in [-0.25, -0.2) is 9.79 Å². The summed E-state index contributed by atoms with van der Waals surface area (Å²) < 4.78 is 7.55. The zero-order valence-corrected chi connectivity index (χ0v) is 21.5. The molecule has 34 heavy (non-hydrogen) atoms. The highest BCUT2D eigenvalue weighted by atomic mass is 32.2. The van der Waals surface area contributed by atoms with Gasteiger partial charge in [0.25, 0.3) is 5.56 Å². The number of carbonyl (C=O) groups excluding carboxylic acids is 1. The van der Waals surface area contributed by atoms with E-state index in [9.17, 15) is 9.59 Å². The van der Waals surface area contributed by atoms with Crippen molar-refractivity contribution in [3.8, 4) is 0 Å². The molecule has 1 aliphatic heterocycles. The molecule has 4 rings (SSSR count). The Labute approximate surface area is 206 Å². The quantitative estimate of drug-likeness (QED) is 0.388. The van der Waals surface area contributed by atoms with E-state index < -0.39 is 12.0 Å². The molecule has 0 aliphatic carbocycles. The van der Waals surface area contributed by atoms with Gasteiger partial charge in [-0.15, -0.1) is 11.8 Å². The smallest absolute Gasteiger partial charge is 0.338 e. The highest BCUT2D eigenvalue weighted by Crippen LogP contribution is 2.31. The minimum absolute atomic E-state index is 0.173. The van der Waals surface area contributed by atoms with Crippen LogP contribution in [0.1, 0.15) is 31.0 Å². The van der Waals surface area contributed by atoms with Crippen molar-refractivity contribution in [1.82, 2.24) is 4.57 Å². The van der Waals surface area contributed by atoms with Gasteiger partial charge in [-0.3, -0.25) is 9.36 Å². The average molecular weight is 494 g/mol. The lowest BCUT2D eigenvalue weighted by Crippen LogP contribution is -2.39. The normalized spacial score (nSPS) is 15.7. The Morgan fingerprint density at radius 3 is 2.44 bits per heavy atom. The van der Waals surface area contributed by atoms with Gasteiger partial charge in [0, 0.05) is 24.7 Å². The maximum Gasteiger partial charge on any atom is 0.338 e. The van der Waals surface area contributed by atoms with Gasteiger partial charge < -0.3 is 9.64 Å². The summed E-state index contributed by atoms with van der Waals surface area (Å²) in [7, 11) is 3.94. The van der Waals surface area contributed by atoms with Crippen LogP contribution in [-0.4, -0.2) is 37.5 Å². The molecule has 2 heterocycles. The van der Waals surface area contributed by atoms with E-state index >= 15 is 0 Å². The number of carbonyl (C=O) groups is 1. The topological polar surface area (TPSA) is 63.9 Å². The van der Waals surface area contributed by atoms with Crippen LogP contribution in [0.5, 0.6) is 0 Å². The number of anilines is 1. The molecule has 0 N–H and O–H groups in total. The van der Waals surface area contributed by atoms with Crippen molar-refractivity contribution in [1.29, 1.82) is 0 Å². The Morgan fingerprint density at radius 1 is 1.18 bits per heavy atom. The first kappa shape index (κ1) is 24.0. The first-order chi connectivity index (χ1) is 16.3. The van der Waals surface area contributed by atoms with E-state index in [0.29, 0.717) is 20.6 Å². The summed E-state index contributed by atoms with van der Waals surface area (Å²) in [5.74, 6) is -0.452. The minimum atomic E-state index is -0.604. The van der Waals surface area contributed by atoms with Gasteiger partial charge >= 0.3 is 5.97 Å². The summed E-state index contributed by atoms with van der Waals surface area (Å²) in [6.45, 7) is 3.82. The number of thioether (sulfide) groups is 1. The second-order valence-corrected chi connectivity index (χ2v) is 9.95. The Hall–Kier alpha value is -3.10. The first-order valence-corrected chi connectivity index (χ1v) is 13.0. The fraction of sp³-hybridized carbons (Fsp3) is 0.269. The van der Waals surface area contributed by atoms with E-state index in [0.717, 1.165) is 21.7 Å². The molecular formula is C26H27N3O3S2. The summed E-state index contributed by atoms with van der Waals surface area (Å²) >= 11 is 3.00. The van der Waals surface area contributed by atoms with Crippen molar-refractivity contribution in [3.05, 3.63) is 90.6 Å². The van der Waals surface area contributed by atoms with Crippen LogP contribution in [0.15, 0.2) is 74.5 Å². The molecule has 0 saturated heterocycles. The van der Waals surface area contributed by atoms with E-state index in [-0.39, 0.29) is 12.2 Å². The molecule has 0 amide bonds. The van der Waals surface area contributed by atoms with E-state index in [1.807, 2.05) is 79.9 Å². The van der Waals surface area contributed by atoms with Gasteiger partial charge in [-0.1, -0.05) is 35.6 Å². The number of hydrogen-bond acceptors (Lipinski definition) is 7. The van der Waals surface area contributed by atoms with E-state index in [1.165, 1.54) is 11.3 Å². The lowest BCUT2D eigenvalue weighted by molar-refractivity contribution is -0.139. The number of allylic oxidation sites excluding steroid dienone is 1. The predicted octanol–water partition coefficient (Wildman–Crippen LogP) is 3.59. The molecule has 0 saturated carbocycles. The van der Waals surface area contributed by atoms with E-state index in [4.69, 9.17) is 4.74 Å². The van der Waals surface area contributed by atoms with Crippen LogP contribution in [0.3, 0.4) is 0 Å². The molecule has 0 radical (unpaired) electrons. The lowest BCUT2D eigenvalue weighted by Gasteiger charge is -2.25. The van der Waals surface area contributed by atoms with Crippen molar-refractivity contribution in [2.45, 2.75) is 24.8 Å². The molecular weight excluding hydrogens is 466 g/mol. The van der Waals surface area contributed by atoms with Crippen LogP contribution < -0.4 is 19.8 Å². The van der Waals surface area contributed by atoms with Crippen LogP contribution >= 0.6 is 23.1 Å². The van der Waals surface area contributed by atoms with Crippen LogP contribution in [-0.2, 0) is 9.53 Å².